The minimum absolute atomic E-state index is 0.0980. The maximum Gasteiger partial charge on any atom is 0.253 e. The van der Waals surface area contributed by atoms with Gasteiger partial charge in [-0.1, -0.05) is 20.3 Å². The molecular formula is C24H36N4O2. The van der Waals surface area contributed by atoms with Gasteiger partial charge in [0.1, 0.15) is 0 Å². The van der Waals surface area contributed by atoms with Gasteiger partial charge >= 0.3 is 0 Å². The third-order valence-electron chi connectivity index (χ3n) is 7.65. The number of anilines is 1. The summed E-state index contributed by atoms with van der Waals surface area (Å²) < 4.78 is 0. The summed E-state index contributed by atoms with van der Waals surface area (Å²) in [7, 11) is 3.99. The van der Waals surface area contributed by atoms with E-state index in [1.54, 1.807) is 0 Å². The Morgan fingerprint density at radius 1 is 1.20 bits per heavy atom. The molecule has 30 heavy (non-hydrogen) atoms. The number of carbonyl (C=O) groups excluding carboxylic acids is 2. The zero-order valence-corrected chi connectivity index (χ0v) is 18.9. The fourth-order valence-electron chi connectivity index (χ4n) is 5.55. The van der Waals surface area contributed by atoms with Crippen molar-refractivity contribution in [2.24, 2.45) is 17.8 Å². The summed E-state index contributed by atoms with van der Waals surface area (Å²) in [4.78, 5) is 32.2. The second-order valence-electron chi connectivity index (χ2n) is 9.82. The van der Waals surface area contributed by atoms with Crippen molar-refractivity contribution >= 4 is 17.5 Å². The Kier molecular flexibility index (Phi) is 5.80. The lowest BCUT2D eigenvalue weighted by Gasteiger charge is -2.43. The van der Waals surface area contributed by atoms with E-state index in [4.69, 9.17) is 0 Å². The van der Waals surface area contributed by atoms with Crippen LogP contribution in [0.2, 0.25) is 0 Å². The van der Waals surface area contributed by atoms with Gasteiger partial charge in [-0.25, -0.2) is 0 Å². The normalized spacial score (nSPS) is 26.5. The number of fused-ring (bicyclic) bond motifs is 2. The summed E-state index contributed by atoms with van der Waals surface area (Å²) in [6.45, 7) is 8.93. The lowest BCUT2D eigenvalue weighted by Crippen LogP contribution is -2.56. The van der Waals surface area contributed by atoms with Gasteiger partial charge in [0.2, 0.25) is 5.91 Å². The Morgan fingerprint density at radius 3 is 2.47 bits per heavy atom. The van der Waals surface area contributed by atoms with E-state index < -0.39 is 0 Å². The summed E-state index contributed by atoms with van der Waals surface area (Å²) in [5.41, 5.74) is 1.70. The predicted molar refractivity (Wildman–Crippen MR) is 120 cm³/mol. The lowest BCUT2D eigenvalue weighted by atomic mass is 9.75. The van der Waals surface area contributed by atoms with Crippen molar-refractivity contribution < 1.29 is 9.59 Å². The first-order valence-electron chi connectivity index (χ1n) is 11.4. The third kappa shape index (κ3) is 3.82. The van der Waals surface area contributed by atoms with Crippen LogP contribution in [-0.4, -0.2) is 74.0 Å². The molecule has 0 saturated carbocycles. The van der Waals surface area contributed by atoms with Crippen LogP contribution in [0.15, 0.2) is 24.3 Å². The summed E-state index contributed by atoms with van der Waals surface area (Å²) in [5.74, 6) is 1.49. The van der Waals surface area contributed by atoms with Crippen LogP contribution in [-0.2, 0) is 4.79 Å². The molecule has 3 atom stereocenters. The monoisotopic (exact) mass is 412 g/mol. The Bertz CT molecular complexity index is 783. The zero-order valence-electron chi connectivity index (χ0n) is 18.9. The molecule has 0 aromatic heterocycles. The maximum absolute atomic E-state index is 13.0. The number of benzene rings is 1. The number of piperidine rings is 1. The topological polar surface area (TPSA) is 55.9 Å². The fraction of sp³-hybridized carbons (Fsp3) is 0.667. The largest absolute Gasteiger partial charge is 0.378 e. The van der Waals surface area contributed by atoms with Crippen LogP contribution in [0.1, 0.15) is 43.5 Å². The van der Waals surface area contributed by atoms with Crippen LogP contribution in [0.25, 0.3) is 0 Å². The van der Waals surface area contributed by atoms with Gasteiger partial charge in [-0.15, -0.1) is 0 Å². The molecule has 164 valence electrons. The number of hydrogen-bond acceptors (Lipinski definition) is 4. The average molecular weight is 413 g/mol. The molecule has 4 rings (SSSR count). The van der Waals surface area contributed by atoms with E-state index in [1.807, 2.05) is 48.2 Å². The molecule has 1 N–H and O–H groups in total. The van der Waals surface area contributed by atoms with Gasteiger partial charge in [0.05, 0.1) is 5.92 Å². The number of amides is 2. The second kappa shape index (κ2) is 8.22. The minimum Gasteiger partial charge on any atom is -0.378 e. The van der Waals surface area contributed by atoms with Crippen molar-refractivity contribution in [3.63, 3.8) is 0 Å². The summed E-state index contributed by atoms with van der Waals surface area (Å²) >= 11 is 0. The molecular weight excluding hydrogens is 376 g/mol. The van der Waals surface area contributed by atoms with E-state index in [9.17, 15) is 9.59 Å². The van der Waals surface area contributed by atoms with Gasteiger partial charge in [0, 0.05) is 69.5 Å². The Morgan fingerprint density at radius 2 is 1.87 bits per heavy atom. The minimum atomic E-state index is -0.127. The fourth-order valence-corrected chi connectivity index (χ4v) is 5.55. The van der Waals surface area contributed by atoms with Crippen molar-refractivity contribution in [2.45, 2.75) is 38.6 Å². The van der Waals surface area contributed by atoms with Crippen molar-refractivity contribution in [3.8, 4) is 0 Å². The van der Waals surface area contributed by atoms with Crippen LogP contribution in [0.5, 0.6) is 0 Å². The molecule has 1 aromatic rings. The molecule has 6 nitrogen and oxygen atoms in total. The number of likely N-dealkylation sites (tertiary alicyclic amines) is 2. The van der Waals surface area contributed by atoms with Crippen LogP contribution in [0.3, 0.4) is 0 Å². The maximum atomic E-state index is 13.0. The first-order chi connectivity index (χ1) is 14.3. The van der Waals surface area contributed by atoms with E-state index in [0.29, 0.717) is 24.9 Å². The number of nitrogens with one attached hydrogen (secondary N) is 1. The van der Waals surface area contributed by atoms with Gasteiger partial charge < -0.3 is 20.0 Å². The van der Waals surface area contributed by atoms with E-state index in [-0.39, 0.29) is 23.3 Å². The highest BCUT2D eigenvalue weighted by molar-refractivity contribution is 5.94. The van der Waals surface area contributed by atoms with E-state index in [1.165, 1.54) is 6.42 Å². The van der Waals surface area contributed by atoms with E-state index in [0.717, 1.165) is 43.7 Å². The number of hydrogen-bond donors (Lipinski definition) is 1. The first-order valence-corrected chi connectivity index (χ1v) is 11.4. The molecule has 2 amide bonds. The molecule has 6 heteroatoms. The molecule has 3 heterocycles. The summed E-state index contributed by atoms with van der Waals surface area (Å²) in [6, 6.07) is 7.81. The number of nitrogens with zero attached hydrogens (tertiary/aromatic N) is 3. The molecule has 3 aliphatic heterocycles. The predicted octanol–water partition coefficient (Wildman–Crippen LogP) is 2.45. The molecule has 1 aromatic carbocycles. The van der Waals surface area contributed by atoms with Crippen LogP contribution < -0.4 is 10.2 Å². The molecule has 0 bridgehead atoms. The standard InChI is InChI=1S/C24H36N4O2/c1-5-17(2)14-27-15-20-21(16-27)24(25-22(20)29)10-12-28(13-11-24)23(30)18-6-8-19(9-7-18)26(3)4/h6-9,17,20-21H,5,10-16H2,1-4H3,(H,25,29)/t17-,20+,21-/m0/s1. The smallest absolute Gasteiger partial charge is 0.253 e. The Balaban J connectivity index is 1.40. The van der Waals surface area contributed by atoms with Crippen molar-refractivity contribution in [1.29, 1.82) is 0 Å². The van der Waals surface area contributed by atoms with Crippen molar-refractivity contribution in [3.05, 3.63) is 29.8 Å². The SMILES string of the molecule is CC[C@H](C)CN1C[C@H]2C(=O)NC3(CCN(C(=O)c4ccc(N(C)C)cc4)CC3)[C@H]2C1. The number of rotatable bonds is 5. The van der Waals surface area contributed by atoms with Crippen LogP contribution >= 0.6 is 0 Å². The average Bonchev–Trinajstić information content (AvgIpc) is 3.27. The molecule has 1 spiro atoms. The molecule has 3 fully saturated rings. The highest BCUT2D eigenvalue weighted by Gasteiger charge is 2.57. The highest BCUT2D eigenvalue weighted by atomic mass is 16.2. The second-order valence-corrected chi connectivity index (χ2v) is 9.82. The highest BCUT2D eigenvalue weighted by Crippen LogP contribution is 2.44. The lowest BCUT2D eigenvalue weighted by molar-refractivity contribution is -0.123. The third-order valence-corrected chi connectivity index (χ3v) is 7.65. The van der Waals surface area contributed by atoms with Crippen LogP contribution in [0.4, 0.5) is 5.69 Å². The van der Waals surface area contributed by atoms with Gasteiger partial charge in [-0.05, 0) is 43.0 Å². The van der Waals surface area contributed by atoms with Crippen molar-refractivity contribution in [1.82, 2.24) is 15.1 Å². The molecule has 3 aliphatic rings. The van der Waals surface area contributed by atoms with Gasteiger partial charge in [0.25, 0.3) is 5.91 Å². The van der Waals surface area contributed by atoms with E-state index in [2.05, 4.69) is 24.1 Å². The van der Waals surface area contributed by atoms with Gasteiger partial charge in [-0.2, -0.15) is 0 Å². The van der Waals surface area contributed by atoms with Crippen LogP contribution in [0, 0.1) is 17.8 Å². The Labute approximate surface area is 180 Å². The molecule has 0 aliphatic carbocycles. The Hall–Kier alpha value is -2.08. The number of carbonyl (C=O) groups is 2. The first kappa shape index (κ1) is 21.2. The van der Waals surface area contributed by atoms with Gasteiger partial charge in [-0.3, -0.25) is 9.59 Å². The van der Waals surface area contributed by atoms with Gasteiger partial charge in [0.15, 0.2) is 0 Å². The quantitative estimate of drug-likeness (QED) is 0.807. The van der Waals surface area contributed by atoms with Crippen molar-refractivity contribution in [2.75, 3.05) is 51.7 Å². The molecule has 0 unspecified atom stereocenters. The molecule has 0 radical (unpaired) electrons. The molecule has 3 saturated heterocycles. The van der Waals surface area contributed by atoms with E-state index >= 15 is 0 Å². The zero-order chi connectivity index (χ0) is 21.5. The summed E-state index contributed by atoms with van der Waals surface area (Å²) in [6.07, 6.45) is 2.90. The summed E-state index contributed by atoms with van der Waals surface area (Å²) in [5, 5.41) is 3.37.